The van der Waals surface area contributed by atoms with E-state index in [1.165, 1.54) is 6.07 Å². The zero-order valence-corrected chi connectivity index (χ0v) is 9.90. The van der Waals surface area contributed by atoms with Crippen LogP contribution in [0.25, 0.3) is 10.7 Å². The van der Waals surface area contributed by atoms with Crippen molar-refractivity contribution in [1.29, 1.82) is 0 Å². The first-order valence-electron chi connectivity index (χ1n) is 3.99. The Labute approximate surface area is 101 Å². The van der Waals surface area contributed by atoms with Crippen molar-refractivity contribution in [2.24, 2.45) is 0 Å². The Balaban J connectivity index is 2.33. The fraction of sp³-hybridized carbons (Fsp3) is 0.125. The number of hydrogen-bond donors (Lipinski definition) is 0. The van der Waals surface area contributed by atoms with E-state index < -0.39 is 11.7 Å². The summed E-state index contributed by atoms with van der Waals surface area (Å²) in [5.74, 6) is 0. The minimum atomic E-state index is -4.37. The predicted molar refractivity (Wildman–Crippen MR) is 55.8 cm³/mol. The molecule has 0 saturated carbocycles. The van der Waals surface area contributed by atoms with Gasteiger partial charge in [-0.3, -0.25) is 4.98 Å². The van der Waals surface area contributed by atoms with Crippen molar-refractivity contribution in [3.05, 3.63) is 28.6 Å². The quantitative estimate of drug-likeness (QED) is 0.810. The van der Waals surface area contributed by atoms with Crippen molar-refractivity contribution in [3.63, 3.8) is 0 Å². The SMILES string of the molecule is FC(F)(F)c1ccc(-c2nc(Br)ns2)nc1. The summed E-state index contributed by atoms with van der Waals surface area (Å²) in [6, 6.07) is 2.24. The van der Waals surface area contributed by atoms with Crippen LogP contribution in [0.3, 0.4) is 0 Å². The molecule has 8 heteroatoms. The van der Waals surface area contributed by atoms with E-state index in [0.717, 1.165) is 23.8 Å². The first kappa shape index (κ1) is 11.5. The molecule has 0 atom stereocenters. The maximum atomic E-state index is 12.3. The molecule has 2 heterocycles. The standard InChI is InChI=1S/C8H3BrF3N3S/c9-7-14-6(16-15-7)5-2-1-4(3-13-5)8(10,11)12/h1-3H. The van der Waals surface area contributed by atoms with Gasteiger partial charge in [-0.1, -0.05) is 0 Å². The van der Waals surface area contributed by atoms with Gasteiger partial charge in [-0.2, -0.15) is 17.5 Å². The molecule has 2 aromatic rings. The smallest absolute Gasteiger partial charge is 0.253 e. The minimum Gasteiger partial charge on any atom is -0.253 e. The third kappa shape index (κ3) is 2.38. The molecule has 0 radical (unpaired) electrons. The number of alkyl halides is 3. The normalized spacial score (nSPS) is 11.8. The van der Waals surface area contributed by atoms with E-state index in [2.05, 4.69) is 30.3 Å². The summed E-state index contributed by atoms with van der Waals surface area (Å²) < 4.78 is 41.0. The average molecular weight is 310 g/mol. The number of hydrogen-bond acceptors (Lipinski definition) is 4. The summed E-state index contributed by atoms with van der Waals surface area (Å²) in [4.78, 5) is 7.65. The molecule has 3 nitrogen and oxygen atoms in total. The maximum absolute atomic E-state index is 12.3. The third-order valence-corrected chi connectivity index (χ3v) is 3.04. The van der Waals surface area contributed by atoms with E-state index in [9.17, 15) is 13.2 Å². The van der Waals surface area contributed by atoms with Crippen LogP contribution in [-0.2, 0) is 6.18 Å². The van der Waals surface area contributed by atoms with Gasteiger partial charge in [0.25, 0.3) is 0 Å². The zero-order valence-electron chi connectivity index (χ0n) is 7.49. The molecule has 2 rings (SSSR count). The summed E-state index contributed by atoms with van der Waals surface area (Å²) in [6.45, 7) is 0. The largest absolute Gasteiger partial charge is 0.417 e. The van der Waals surface area contributed by atoms with Crippen molar-refractivity contribution < 1.29 is 13.2 Å². The Morgan fingerprint density at radius 3 is 2.44 bits per heavy atom. The van der Waals surface area contributed by atoms with E-state index in [1.54, 1.807) is 0 Å². The van der Waals surface area contributed by atoms with Gasteiger partial charge in [0.2, 0.25) is 4.73 Å². The Hall–Kier alpha value is -1.02. The van der Waals surface area contributed by atoms with Crippen LogP contribution in [-0.4, -0.2) is 14.3 Å². The van der Waals surface area contributed by atoms with Gasteiger partial charge in [0.15, 0.2) is 5.01 Å². The molecule has 0 aliphatic rings. The van der Waals surface area contributed by atoms with Gasteiger partial charge in [0.1, 0.15) is 5.69 Å². The van der Waals surface area contributed by atoms with Crippen LogP contribution in [0.1, 0.15) is 5.56 Å². The minimum absolute atomic E-state index is 0.371. The second-order valence-corrected chi connectivity index (χ2v) is 4.26. The molecule has 0 aliphatic carbocycles. The van der Waals surface area contributed by atoms with Crippen LogP contribution in [0.4, 0.5) is 13.2 Å². The molecule has 16 heavy (non-hydrogen) atoms. The van der Waals surface area contributed by atoms with Gasteiger partial charge in [0, 0.05) is 6.20 Å². The van der Waals surface area contributed by atoms with E-state index in [4.69, 9.17) is 0 Å². The molecule has 0 aliphatic heterocycles. The number of aromatic nitrogens is 3. The second kappa shape index (κ2) is 4.10. The lowest BCUT2D eigenvalue weighted by molar-refractivity contribution is -0.137. The molecule has 0 bridgehead atoms. The zero-order chi connectivity index (χ0) is 11.8. The Kier molecular flexibility index (Phi) is 2.94. The third-order valence-electron chi connectivity index (χ3n) is 1.71. The second-order valence-electron chi connectivity index (χ2n) is 2.80. The highest BCUT2D eigenvalue weighted by molar-refractivity contribution is 9.10. The molecule has 0 aromatic carbocycles. The van der Waals surface area contributed by atoms with Gasteiger partial charge in [-0.25, -0.2) is 4.98 Å². The number of nitrogens with zero attached hydrogens (tertiary/aromatic N) is 3. The average Bonchev–Trinajstić information content (AvgIpc) is 2.64. The van der Waals surface area contributed by atoms with Gasteiger partial charge in [0.05, 0.1) is 5.56 Å². The number of halogens is 4. The highest BCUT2D eigenvalue weighted by atomic mass is 79.9. The fourth-order valence-electron chi connectivity index (χ4n) is 0.998. The molecule has 0 N–H and O–H groups in total. The highest BCUT2D eigenvalue weighted by Gasteiger charge is 2.30. The fourth-order valence-corrected chi connectivity index (χ4v) is 2.05. The molecule has 0 unspecified atom stereocenters. The van der Waals surface area contributed by atoms with Crippen LogP contribution >= 0.6 is 27.5 Å². The highest BCUT2D eigenvalue weighted by Crippen LogP contribution is 2.30. The number of rotatable bonds is 1. The van der Waals surface area contributed by atoms with Gasteiger partial charge in [-0.05, 0) is 39.6 Å². The molecular formula is C8H3BrF3N3S. The predicted octanol–water partition coefficient (Wildman–Crippen LogP) is 3.38. The summed E-state index contributed by atoms with van der Waals surface area (Å²) >= 11 is 4.12. The lowest BCUT2D eigenvalue weighted by Crippen LogP contribution is -2.05. The molecule has 0 amide bonds. The van der Waals surface area contributed by atoms with Crippen LogP contribution in [0.2, 0.25) is 0 Å². The van der Waals surface area contributed by atoms with Crippen LogP contribution in [0, 0.1) is 0 Å². The van der Waals surface area contributed by atoms with Gasteiger partial charge < -0.3 is 0 Å². The Bertz CT molecular complexity index is 494. The van der Waals surface area contributed by atoms with Crippen molar-refractivity contribution in [1.82, 2.24) is 14.3 Å². The molecule has 2 aromatic heterocycles. The molecular weight excluding hydrogens is 307 g/mol. The van der Waals surface area contributed by atoms with E-state index in [0.29, 0.717) is 15.4 Å². The molecule has 0 fully saturated rings. The summed E-state index contributed by atoms with van der Waals surface area (Å²) in [5.41, 5.74) is -0.406. The molecule has 0 spiro atoms. The van der Waals surface area contributed by atoms with Crippen molar-refractivity contribution in [3.8, 4) is 10.7 Å². The van der Waals surface area contributed by atoms with Crippen LogP contribution < -0.4 is 0 Å². The maximum Gasteiger partial charge on any atom is 0.417 e. The van der Waals surface area contributed by atoms with Crippen molar-refractivity contribution in [2.75, 3.05) is 0 Å². The summed E-state index contributed by atoms with van der Waals surface area (Å²) in [5, 5.41) is 0.473. The van der Waals surface area contributed by atoms with Gasteiger partial charge in [-0.15, -0.1) is 0 Å². The Morgan fingerprint density at radius 2 is 2.00 bits per heavy atom. The van der Waals surface area contributed by atoms with Crippen LogP contribution in [0.15, 0.2) is 23.1 Å². The van der Waals surface area contributed by atoms with Crippen molar-refractivity contribution >= 4 is 27.5 Å². The first-order chi connectivity index (χ1) is 7.47. The topological polar surface area (TPSA) is 38.7 Å². The van der Waals surface area contributed by atoms with Gasteiger partial charge >= 0.3 is 6.18 Å². The van der Waals surface area contributed by atoms with Crippen molar-refractivity contribution in [2.45, 2.75) is 6.18 Å². The molecule has 0 saturated heterocycles. The van der Waals surface area contributed by atoms with Crippen LogP contribution in [0.5, 0.6) is 0 Å². The Morgan fingerprint density at radius 1 is 1.25 bits per heavy atom. The van der Waals surface area contributed by atoms with E-state index in [-0.39, 0.29) is 0 Å². The summed E-state index contributed by atoms with van der Waals surface area (Å²) in [6.07, 6.45) is -3.59. The summed E-state index contributed by atoms with van der Waals surface area (Å²) in [7, 11) is 0. The lowest BCUT2D eigenvalue weighted by Gasteiger charge is -2.05. The van der Waals surface area contributed by atoms with E-state index in [1.807, 2.05) is 0 Å². The monoisotopic (exact) mass is 309 g/mol. The first-order valence-corrected chi connectivity index (χ1v) is 5.56. The lowest BCUT2D eigenvalue weighted by atomic mass is 10.2. The molecule has 84 valence electrons. The van der Waals surface area contributed by atoms with E-state index >= 15 is 0 Å². The number of pyridine rings is 1.